The normalized spacial score (nSPS) is 14.7. The molecule has 0 aromatic heterocycles. The number of hydrogen-bond donors (Lipinski definition) is 16. The molecule has 0 heterocycles. The van der Waals surface area contributed by atoms with E-state index in [-0.39, 0.29) is 100 Å². The van der Waals surface area contributed by atoms with Gasteiger partial charge in [-0.1, -0.05) is 55.4 Å². The van der Waals surface area contributed by atoms with Crippen LogP contribution in [0, 0.1) is 23.7 Å². The number of thioether (sulfide) groups is 1. The molecule has 0 fully saturated rings. The lowest BCUT2D eigenvalue weighted by Gasteiger charge is -2.29. The zero-order chi connectivity index (χ0) is 59.1. The number of primary amides is 1. The largest absolute Gasteiger partial charge is 0.480 e. The van der Waals surface area contributed by atoms with Crippen LogP contribution in [0.2, 0.25) is 0 Å². The summed E-state index contributed by atoms with van der Waals surface area (Å²) in [4.78, 5) is 142. The Bertz CT molecular complexity index is 2000. The fourth-order valence-corrected chi connectivity index (χ4v) is 7.84. The fraction of sp³-hybridized carbons (Fsp3) is 0.750. The van der Waals surface area contributed by atoms with Crippen molar-refractivity contribution in [2.75, 3.05) is 31.7 Å². The summed E-state index contributed by atoms with van der Waals surface area (Å²) in [6.07, 6.45) is 1.46. The second-order valence-corrected chi connectivity index (χ2v) is 21.3. The summed E-state index contributed by atoms with van der Waals surface area (Å²) in [5.41, 5.74) is 33.0. The fourth-order valence-electron chi connectivity index (χ4n) is 7.37. The average molecular weight is 1120 g/mol. The van der Waals surface area contributed by atoms with Gasteiger partial charge in [-0.15, -0.1) is 0 Å². The van der Waals surface area contributed by atoms with E-state index < -0.39 is 133 Å². The van der Waals surface area contributed by atoms with Crippen LogP contribution in [-0.2, 0) is 47.9 Å². The van der Waals surface area contributed by atoms with Gasteiger partial charge in [-0.25, -0.2) is 4.79 Å². The van der Waals surface area contributed by atoms with E-state index in [2.05, 4.69) is 52.5 Å². The summed E-state index contributed by atoms with van der Waals surface area (Å²) in [5, 5.41) is 40.6. The summed E-state index contributed by atoms with van der Waals surface area (Å²) in [5.74, 6) is -9.55. The smallest absolute Gasteiger partial charge is 0.326 e. The Labute approximate surface area is 455 Å². The molecule has 0 spiro atoms. The SMILES string of the molecule is CSCC[C@H](NC(=O)[C@H](CC(C)C)NC(=O)[C@@H](N)C(C)C)C(=O)N[C@@H](CC(C)C)C(=O)N[C@@H](CC(C)C)C(=O)N[C@@H](CCCN=C(N)N)C(=O)N[C@@H](CO)C(=O)N[C@@H](CCC(N)=O)C(=O)N[C@@H](CCCN=C(N)N)C(=O)O. The van der Waals surface area contributed by atoms with Crippen molar-refractivity contribution < 1.29 is 58.2 Å². The van der Waals surface area contributed by atoms with Crippen LogP contribution >= 0.6 is 11.8 Å². The van der Waals surface area contributed by atoms with E-state index in [9.17, 15) is 58.2 Å². The third-order valence-corrected chi connectivity index (χ3v) is 12.2. The number of aliphatic hydroxyl groups is 1. The molecular weight excluding hydrogens is 1020 g/mol. The first-order valence-electron chi connectivity index (χ1n) is 25.8. The number of carbonyl (C=O) groups is 10. The number of rotatable bonds is 39. The zero-order valence-corrected chi connectivity index (χ0v) is 47.0. The molecule has 0 aliphatic carbocycles. The van der Waals surface area contributed by atoms with E-state index in [1.54, 1.807) is 27.7 Å². The molecule has 77 heavy (non-hydrogen) atoms. The number of nitrogens with two attached hydrogens (primary N) is 6. The second kappa shape index (κ2) is 37.3. The van der Waals surface area contributed by atoms with E-state index in [0.29, 0.717) is 5.75 Å². The number of aliphatic carboxylic acids is 1. The molecule has 9 amide bonds. The molecule has 0 aromatic carbocycles. The number of carboxylic acids is 1. The van der Waals surface area contributed by atoms with Gasteiger partial charge in [0.1, 0.15) is 48.3 Å². The van der Waals surface area contributed by atoms with Crippen LogP contribution in [0.4, 0.5) is 0 Å². The van der Waals surface area contributed by atoms with E-state index in [1.807, 2.05) is 34.0 Å². The van der Waals surface area contributed by atoms with Crippen LogP contribution in [0.5, 0.6) is 0 Å². The number of aliphatic imine (C=N–C) groups is 2. The van der Waals surface area contributed by atoms with Crippen LogP contribution < -0.4 is 76.9 Å². The molecule has 0 aliphatic rings. The topological polar surface area (TPSA) is 488 Å². The molecular formula is C48H90N16O12S. The zero-order valence-electron chi connectivity index (χ0n) is 46.1. The molecule has 29 heteroatoms. The van der Waals surface area contributed by atoms with Crippen LogP contribution in [0.25, 0.3) is 0 Å². The lowest BCUT2D eigenvalue weighted by atomic mass is 9.99. The minimum atomic E-state index is -1.78. The summed E-state index contributed by atoms with van der Waals surface area (Å²) in [7, 11) is 0. The molecule has 0 radical (unpaired) electrons. The van der Waals surface area contributed by atoms with Crippen LogP contribution in [0.1, 0.15) is 120 Å². The van der Waals surface area contributed by atoms with Gasteiger partial charge in [0, 0.05) is 19.5 Å². The van der Waals surface area contributed by atoms with Gasteiger partial charge in [-0.05, 0) is 93.5 Å². The van der Waals surface area contributed by atoms with E-state index in [0.717, 1.165) is 0 Å². The molecule has 0 unspecified atom stereocenters. The monoisotopic (exact) mass is 1110 g/mol. The number of hydrogen-bond acceptors (Lipinski definition) is 15. The third kappa shape index (κ3) is 30.1. The van der Waals surface area contributed by atoms with E-state index in [1.165, 1.54) is 11.8 Å². The van der Waals surface area contributed by atoms with Crippen molar-refractivity contribution in [3.63, 3.8) is 0 Å². The quantitative estimate of drug-likeness (QED) is 0.0159. The molecule has 0 aromatic rings. The minimum absolute atomic E-state index is 0.00533. The highest BCUT2D eigenvalue weighted by Crippen LogP contribution is 2.14. The maximum atomic E-state index is 14.2. The van der Waals surface area contributed by atoms with Crippen molar-refractivity contribution in [2.24, 2.45) is 68.1 Å². The standard InChI is InChI=1S/C48H90N16O12S/c1-24(2)20-32(62-43(72)33(21-25(3)4)61-40(69)30(16-19-77-9)59-42(71)34(22-26(5)6)63-45(74)37(50)27(7)8)41(70)57-28(12-10-17-55-47(51)52)38(67)64-35(23-65)44(73)58-29(14-15-36(49)66)39(68)60-31(46(75)76)13-11-18-56-48(53)54/h24-35,37,65H,10-23,50H2,1-9H3,(H2,49,66)(H,57,70)(H,58,73)(H,59,71)(H,60,68)(H,61,69)(H,62,72)(H,63,74)(H,64,67)(H,75,76)(H4,51,52,55)(H4,53,54,56)/t28-,29-,30-,31-,32-,33-,34-,35-,37-/m0/s1. The average Bonchev–Trinajstić information content (AvgIpc) is 3.32. The number of nitrogens with zero attached hydrogens (tertiary/aromatic N) is 2. The minimum Gasteiger partial charge on any atom is -0.480 e. The van der Waals surface area contributed by atoms with Crippen molar-refractivity contribution >= 4 is 82.8 Å². The first-order chi connectivity index (χ1) is 35.9. The third-order valence-electron chi connectivity index (χ3n) is 11.6. The highest BCUT2D eigenvalue weighted by Gasteiger charge is 2.36. The Balaban J connectivity index is 6.74. The van der Waals surface area contributed by atoms with Gasteiger partial charge in [-0.3, -0.25) is 53.1 Å². The molecule has 440 valence electrons. The van der Waals surface area contributed by atoms with Gasteiger partial charge >= 0.3 is 5.97 Å². The molecule has 0 saturated carbocycles. The predicted octanol–water partition coefficient (Wildman–Crippen LogP) is -3.81. The van der Waals surface area contributed by atoms with Gasteiger partial charge in [-0.2, -0.15) is 11.8 Å². The van der Waals surface area contributed by atoms with Crippen LogP contribution in [-0.4, -0.2) is 167 Å². The Morgan fingerprint density at radius 1 is 0.455 bits per heavy atom. The molecule has 0 rings (SSSR count). The number of carboxylic acid groups (broad SMARTS) is 1. The van der Waals surface area contributed by atoms with Gasteiger partial charge < -0.3 is 87.1 Å². The summed E-state index contributed by atoms with van der Waals surface area (Å²) >= 11 is 1.42. The molecule has 0 saturated heterocycles. The number of aliphatic hydroxyl groups excluding tert-OH is 1. The second-order valence-electron chi connectivity index (χ2n) is 20.4. The molecule has 22 N–H and O–H groups in total. The maximum absolute atomic E-state index is 14.2. The van der Waals surface area contributed by atoms with E-state index >= 15 is 0 Å². The molecule has 9 atom stereocenters. The predicted molar refractivity (Wildman–Crippen MR) is 293 cm³/mol. The lowest BCUT2D eigenvalue weighted by molar-refractivity contribution is -0.142. The molecule has 0 bridgehead atoms. The number of amides is 9. The molecule has 28 nitrogen and oxygen atoms in total. The van der Waals surface area contributed by atoms with Gasteiger partial charge in [0.25, 0.3) is 0 Å². The van der Waals surface area contributed by atoms with Crippen molar-refractivity contribution in [1.29, 1.82) is 0 Å². The van der Waals surface area contributed by atoms with Gasteiger partial charge in [0.05, 0.1) is 12.6 Å². The Hall–Kier alpha value is -6.49. The van der Waals surface area contributed by atoms with E-state index in [4.69, 9.17) is 34.4 Å². The van der Waals surface area contributed by atoms with Crippen LogP contribution in [0.15, 0.2) is 9.98 Å². The summed E-state index contributed by atoms with van der Waals surface area (Å²) < 4.78 is 0. The number of guanidine groups is 2. The lowest BCUT2D eigenvalue weighted by Crippen LogP contribution is -2.61. The summed E-state index contributed by atoms with van der Waals surface area (Å²) in [6.45, 7) is 13.5. The van der Waals surface area contributed by atoms with Gasteiger partial charge in [0.2, 0.25) is 53.2 Å². The van der Waals surface area contributed by atoms with Crippen molar-refractivity contribution in [1.82, 2.24) is 42.5 Å². The highest BCUT2D eigenvalue weighted by atomic mass is 32.2. The maximum Gasteiger partial charge on any atom is 0.326 e. The Morgan fingerprint density at radius 3 is 1.10 bits per heavy atom. The Morgan fingerprint density at radius 2 is 0.766 bits per heavy atom. The number of nitrogens with one attached hydrogen (secondary N) is 8. The van der Waals surface area contributed by atoms with Crippen molar-refractivity contribution in [2.45, 2.75) is 174 Å². The highest BCUT2D eigenvalue weighted by molar-refractivity contribution is 7.98. The molecule has 0 aliphatic heterocycles. The Kier molecular flexibility index (Phi) is 34.2. The summed E-state index contributed by atoms with van der Waals surface area (Å²) in [6, 6.07) is -11.9. The first kappa shape index (κ1) is 70.5. The number of carbonyl (C=O) groups excluding carboxylic acids is 9. The van der Waals surface area contributed by atoms with Crippen molar-refractivity contribution in [3.8, 4) is 0 Å². The van der Waals surface area contributed by atoms with Crippen LogP contribution in [0.3, 0.4) is 0 Å². The van der Waals surface area contributed by atoms with Gasteiger partial charge in [0.15, 0.2) is 11.9 Å². The first-order valence-corrected chi connectivity index (χ1v) is 27.2. The van der Waals surface area contributed by atoms with Crippen molar-refractivity contribution in [3.05, 3.63) is 0 Å².